The summed E-state index contributed by atoms with van der Waals surface area (Å²) in [4.78, 5) is 2.34. The van der Waals surface area contributed by atoms with Gasteiger partial charge in [0, 0.05) is 39.1 Å². The van der Waals surface area contributed by atoms with Gasteiger partial charge in [-0.2, -0.15) is 5.10 Å². The van der Waals surface area contributed by atoms with E-state index in [9.17, 15) is 0 Å². The lowest BCUT2D eigenvalue weighted by atomic mass is 9.92. The highest BCUT2D eigenvalue weighted by atomic mass is 15.2. The molecular weight excluding hydrogens is 679 g/mol. The first kappa shape index (κ1) is 33.1. The first-order chi connectivity index (χ1) is 27.8. The Morgan fingerprint density at radius 1 is 0.321 bits per heavy atom. The van der Waals surface area contributed by atoms with Crippen molar-refractivity contribution in [3.05, 3.63) is 225 Å². The van der Waals surface area contributed by atoms with Crippen molar-refractivity contribution in [3.8, 4) is 55.8 Å². The van der Waals surface area contributed by atoms with Crippen LogP contribution < -0.4 is 4.90 Å². The summed E-state index contributed by atoms with van der Waals surface area (Å²) >= 11 is 0. The third-order valence-electron chi connectivity index (χ3n) is 10.7. The standard InChI is InChI=1S/C53H37N3/c1-5-15-38(16-6-1)40-25-31-45(32-26-40)55(46-33-27-41(28-34-46)39-17-7-2-8-18-39)47-35-29-43(30-36-47)51-48-23-13-14-24-49(48)53-50(42-19-9-3-10-20-42)37-54-56(53)52(51)44-21-11-4-12-22-44/h1-37H. The molecule has 0 bridgehead atoms. The van der Waals surface area contributed by atoms with E-state index in [2.05, 4.69) is 228 Å². The summed E-state index contributed by atoms with van der Waals surface area (Å²) in [5.41, 5.74) is 15.9. The van der Waals surface area contributed by atoms with Crippen molar-refractivity contribution in [3.63, 3.8) is 0 Å². The van der Waals surface area contributed by atoms with E-state index in [0.29, 0.717) is 0 Å². The van der Waals surface area contributed by atoms with E-state index < -0.39 is 0 Å². The van der Waals surface area contributed by atoms with Gasteiger partial charge in [-0.25, -0.2) is 4.52 Å². The molecule has 0 saturated carbocycles. The van der Waals surface area contributed by atoms with Gasteiger partial charge in [0.2, 0.25) is 0 Å². The molecule has 264 valence electrons. The second-order valence-corrected chi connectivity index (χ2v) is 14.0. The fourth-order valence-corrected chi connectivity index (χ4v) is 7.99. The fraction of sp³-hybridized carbons (Fsp3) is 0. The Labute approximate surface area is 327 Å². The predicted octanol–water partition coefficient (Wildman–Crippen LogP) is 14.3. The van der Waals surface area contributed by atoms with Gasteiger partial charge in [0.15, 0.2) is 0 Å². The van der Waals surface area contributed by atoms with Crippen LogP contribution in [-0.2, 0) is 0 Å². The van der Waals surface area contributed by atoms with Crippen LogP contribution in [0.4, 0.5) is 17.1 Å². The molecule has 0 aliphatic carbocycles. The van der Waals surface area contributed by atoms with Crippen LogP contribution >= 0.6 is 0 Å². The topological polar surface area (TPSA) is 20.5 Å². The lowest BCUT2D eigenvalue weighted by molar-refractivity contribution is 0.976. The Morgan fingerprint density at radius 3 is 1.18 bits per heavy atom. The summed E-state index contributed by atoms with van der Waals surface area (Å²) in [6.07, 6.45) is 2.01. The number of rotatable bonds is 8. The summed E-state index contributed by atoms with van der Waals surface area (Å²) in [7, 11) is 0. The predicted molar refractivity (Wildman–Crippen MR) is 235 cm³/mol. The molecule has 2 heterocycles. The van der Waals surface area contributed by atoms with E-state index in [4.69, 9.17) is 5.10 Å². The summed E-state index contributed by atoms with van der Waals surface area (Å²) in [5.74, 6) is 0. The highest BCUT2D eigenvalue weighted by Crippen LogP contribution is 2.44. The Morgan fingerprint density at radius 2 is 0.696 bits per heavy atom. The summed E-state index contributed by atoms with van der Waals surface area (Å²) < 4.78 is 2.15. The molecule has 10 rings (SSSR count). The molecule has 56 heavy (non-hydrogen) atoms. The largest absolute Gasteiger partial charge is 0.311 e. The molecule has 0 saturated heterocycles. The smallest absolute Gasteiger partial charge is 0.0826 e. The van der Waals surface area contributed by atoms with Gasteiger partial charge in [-0.05, 0) is 75.2 Å². The number of hydrogen-bond donors (Lipinski definition) is 0. The van der Waals surface area contributed by atoms with Gasteiger partial charge in [-0.1, -0.05) is 182 Å². The van der Waals surface area contributed by atoms with Crippen LogP contribution in [0.1, 0.15) is 0 Å². The second kappa shape index (κ2) is 14.4. The van der Waals surface area contributed by atoms with Crippen molar-refractivity contribution in [2.24, 2.45) is 0 Å². The second-order valence-electron chi connectivity index (χ2n) is 14.0. The van der Waals surface area contributed by atoms with Crippen molar-refractivity contribution in [2.75, 3.05) is 4.90 Å². The number of anilines is 3. The number of nitrogens with zero attached hydrogens (tertiary/aromatic N) is 3. The van der Waals surface area contributed by atoms with Crippen LogP contribution in [0.25, 0.3) is 72.1 Å². The third kappa shape index (κ3) is 6.02. The minimum Gasteiger partial charge on any atom is -0.311 e. The molecule has 0 aliphatic rings. The number of aromatic nitrogens is 2. The highest BCUT2D eigenvalue weighted by Gasteiger charge is 2.22. The zero-order valence-corrected chi connectivity index (χ0v) is 30.7. The number of hydrogen-bond acceptors (Lipinski definition) is 2. The zero-order valence-electron chi connectivity index (χ0n) is 30.7. The van der Waals surface area contributed by atoms with E-state index in [1.54, 1.807) is 0 Å². The molecule has 0 spiro atoms. The fourth-order valence-electron chi connectivity index (χ4n) is 7.99. The van der Waals surface area contributed by atoms with Crippen LogP contribution in [0.3, 0.4) is 0 Å². The first-order valence-electron chi connectivity index (χ1n) is 19.0. The molecule has 0 radical (unpaired) electrons. The monoisotopic (exact) mass is 715 g/mol. The van der Waals surface area contributed by atoms with Gasteiger partial charge in [-0.15, -0.1) is 0 Å². The maximum absolute atomic E-state index is 5.10. The van der Waals surface area contributed by atoms with Crippen molar-refractivity contribution >= 4 is 33.4 Å². The molecule has 0 fully saturated rings. The van der Waals surface area contributed by atoms with E-state index in [0.717, 1.165) is 56.1 Å². The lowest BCUT2D eigenvalue weighted by Crippen LogP contribution is -2.10. The van der Waals surface area contributed by atoms with Crippen molar-refractivity contribution in [1.29, 1.82) is 0 Å². The van der Waals surface area contributed by atoms with Gasteiger partial charge in [0.25, 0.3) is 0 Å². The molecule has 0 N–H and O–H groups in total. The summed E-state index contributed by atoms with van der Waals surface area (Å²) in [6, 6.07) is 77.8. The van der Waals surface area contributed by atoms with Crippen LogP contribution in [-0.4, -0.2) is 9.61 Å². The van der Waals surface area contributed by atoms with Crippen LogP contribution in [0, 0.1) is 0 Å². The van der Waals surface area contributed by atoms with E-state index in [-0.39, 0.29) is 0 Å². The minimum absolute atomic E-state index is 1.07. The normalized spacial score (nSPS) is 11.2. The van der Waals surface area contributed by atoms with Gasteiger partial charge in [0.1, 0.15) is 0 Å². The molecule has 2 aromatic heterocycles. The Hall–Kier alpha value is -7.49. The summed E-state index contributed by atoms with van der Waals surface area (Å²) in [6.45, 7) is 0. The van der Waals surface area contributed by atoms with Crippen LogP contribution in [0.5, 0.6) is 0 Å². The molecule has 0 atom stereocenters. The van der Waals surface area contributed by atoms with Gasteiger partial charge in [0.05, 0.1) is 17.4 Å². The minimum atomic E-state index is 1.07. The molecule has 8 aromatic carbocycles. The third-order valence-corrected chi connectivity index (χ3v) is 10.7. The van der Waals surface area contributed by atoms with Crippen LogP contribution in [0.15, 0.2) is 225 Å². The maximum atomic E-state index is 5.10. The SMILES string of the molecule is c1ccc(-c2ccc(N(c3ccc(-c4ccccc4)cc3)c3ccc(-c4c(-c5ccccc5)n5ncc(-c6ccccc6)c5c5ccccc45)cc3)cc2)cc1. The quantitative estimate of drug-likeness (QED) is 0.156. The van der Waals surface area contributed by atoms with E-state index >= 15 is 0 Å². The maximum Gasteiger partial charge on any atom is 0.0826 e. The molecule has 0 amide bonds. The Kier molecular flexibility index (Phi) is 8.51. The summed E-state index contributed by atoms with van der Waals surface area (Å²) in [5, 5.41) is 7.46. The Balaban J connectivity index is 1.13. The Bertz CT molecular complexity index is 2820. The van der Waals surface area contributed by atoms with Crippen molar-refractivity contribution in [2.45, 2.75) is 0 Å². The number of benzene rings is 8. The van der Waals surface area contributed by atoms with Gasteiger partial charge >= 0.3 is 0 Å². The van der Waals surface area contributed by atoms with Crippen LogP contribution in [0.2, 0.25) is 0 Å². The average molecular weight is 716 g/mol. The number of fused-ring (bicyclic) bond motifs is 3. The van der Waals surface area contributed by atoms with Crippen molar-refractivity contribution < 1.29 is 0 Å². The molecular formula is C53H37N3. The first-order valence-corrected chi connectivity index (χ1v) is 19.0. The zero-order chi connectivity index (χ0) is 37.3. The molecule has 3 heteroatoms. The van der Waals surface area contributed by atoms with Gasteiger partial charge < -0.3 is 4.90 Å². The van der Waals surface area contributed by atoms with E-state index in [1.807, 2.05) is 6.20 Å². The number of pyridine rings is 1. The molecule has 0 unspecified atom stereocenters. The lowest BCUT2D eigenvalue weighted by Gasteiger charge is -2.26. The van der Waals surface area contributed by atoms with E-state index in [1.165, 1.54) is 33.0 Å². The molecule has 3 nitrogen and oxygen atoms in total. The molecule has 0 aliphatic heterocycles. The average Bonchev–Trinajstić information content (AvgIpc) is 3.73. The van der Waals surface area contributed by atoms with Gasteiger partial charge in [-0.3, -0.25) is 0 Å². The van der Waals surface area contributed by atoms with Crippen molar-refractivity contribution in [1.82, 2.24) is 9.61 Å². The highest BCUT2D eigenvalue weighted by molar-refractivity contribution is 6.13. The molecule has 10 aromatic rings.